The fraction of sp³-hybridized carbons (Fsp3) is 0.562. The molecule has 6 heteroatoms. The van der Waals surface area contributed by atoms with Gasteiger partial charge in [0.05, 0.1) is 17.9 Å². The van der Waals surface area contributed by atoms with Crippen LogP contribution in [0.25, 0.3) is 0 Å². The van der Waals surface area contributed by atoms with Gasteiger partial charge in [-0.3, -0.25) is 4.79 Å². The van der Waals surface area contributed by atoms with Crippen LogP contribution in [0.2, 0.25) is 0 Å². The van der Waals surface area contributed by atoms with Gasteiger partial charge in [0.15, 0.2) is 0 Å². The Morgan fingerprint density at radius 2 is 1.73 bits per heavy atom. The smallest absolute Gasteiger partial charge is 0.308 e. The van der Waals surface area contributed by atoms with Gasteiger partial charge in [-0.05, 0) is 36.5 Å². The second kappa shape index (κ2) is 6.79. The van der Waals surface area contributed by atoms with E-state index in [4.69, 9.17) is 4.74 Å². The van der Waals surface area contributed by atoms with E-state index in [1.807, 2.05) is 12.1 Å². The molecule has 0 radical (unpaired) electrons. The number of piperidine rings is 1. The zero-order valence-corrected chi connectivity index (χ0v) is 14.1. The minimum Gasteiger partial charge on any atom is -0.469 e. The maximum Gasteiger partial charge on any atom is 0.308 e. The van der Waals surface area contributed by atoms with Gasteiger partial charge in [0.2, 0.25) is 10.0 Å². The summed E-state index contributed by atoms with van der Waals surface area (Å²) < 4.78 is 31.4. The minimum absolute atomic E-state index is 0.195. The first-order valence-electron chi connectivity index (χ1n) is 7.54. The molecule has 0 saturated carbocycles. The maximum absolute atomic E-state index is 12.6. The molecule has 5 nitrogen and oxygen atoms in total. The van der Waals surface area contributed by atoms with Gasteiger partial charge in [0.1, 0.15) is 0 Å². The van der Waals surface area contributed by atoms with Gasteiger partial charge in [-0.2, -0.15) is 4.31 Å². The third-order valence-electron chi connectivity index (χ3n) is 4.17. The van der Waals surface area contributed by atoms with E-state index in [9.17, 15) is 13.2 Å². The van der Waals surface area contributed by atoms with Crippen LogP contribution in [0.3, 0.4) is 0 Å². The fourth-order valence-corrected chi connectivity index (χ4v) is 4.14. The molecule has 2 rings (SSSR count). The van der Waals surface area contributed by atoms with Gasteiger partial charge >= 0.3 is 5.97 Å². The Morgan fingerprint density at radius 3 is 2.18 bits per heavy atom. The summed E-state index contributed by atoms with van der Waals surface area (Å²) in [5.41, 5.74) is 1.11. The van der Waals surface area contributed by atoms with Crippen LogP contribution < -0.4 is 0 Å². The highest BCUT2D eigenvalue weighted by molar-refractivity contribution is 7.89. The van der Waals surface area contributed by atoms with Crippen molar-refractivity contribution in [2.24, 2.45) is 5.92 Å². The predicted octanol–water partition coefficient (Wildman–Crippen LogP) is 2.38. The summed E-state index contributed by atoms with van der Waals surface area (Å²) in [6.07, 6.45) is 1.02. The molecular weight excluding hydrogens is 302 g/mol. The van der Waals surface area contributed by atoms with Gasteiger partial charge in [0, 0.05) is 13.1 Å². The minimum atomic E-state index is -3.48. The first-order valence-corrected chi connectivity index (χ1v) is 8.98. The summed E-state index contributed by atoms with van der Waals surface area (Å²) >= 11 is 0. The van der Waals surface area contributed by atoms with Crippen molar-refractivity contribution in [1.29, 1.82) is 0 Å². The zero-order chi connectivity index (χ0) is 16.3. The largest absolute Gasteiger partial charge is 0.469 e. The monoisotopic (exact) mass is 325 g/mol. The van der Waals surface area contributed by atoms with Gasteiger partial charge in [-0.25, -0.2) is 8.42 Å². The quantitative estimate of drug-likeness (QED) is 0.797. The summed E-state index contributed by atoms with van der Waals surface area (Å²) in [5.74, 6) is -0.0781. The summed E-state index contributed by atoms with van der Waals surface area (Å²) in [4.78, 5) is 11.8. The van der Waals surface area contributed by atoms with E-state index in [1.165, 1.54) is 11.4 Å². The van der Waals surface area contributed by atoms with Crippen LogP contribution in [-0.2, 0) is 19.6 Å². The second-order valence-electron chi connectivity index (χ2n) is 5.93. The van der Waals surface area contributed by atoms with Gasteiger partial charge < -0.3 is 4.74 Å². The zero-order valence-electron chi connectivity index (χ0n) is 13.3. The molecule has 1 aliphatic rings. The van der Waals surface area contributed by atoms with Crippen molar-refractivity contribution < 1.29 is 17.9 Å². The molecule has 1 aliphatic heterocycles. The van der Waals surface area contributed by atoms with Crippen molar-refractivity contribution in [2.75, 3.05) is 20.2 Å². The predicted molar refractivity (Wildman–Crippen MR) is 84.0 cm³/mol. The van der Waals surface area contributed by atoms with Gasteiger partial charge in [0.25, 0.3) is 0 Å². The molecule has 0 spiro atoms. The standard InChI is InChI=1S/C16H23NO4S/c1-12(2)13-4-6-15(7-5-13)22(19,20)17-10-8-14(9-11-17)16(18)21-3/h4-7,12,14H,8-11H2,1-3H3. The highest BCUT2D eigenvalue weighted by atomic mass is 32.2. The maximum atomic E-state index is 12.6. The van der Waals surface area contributed by atoms with Crippen LogP contribution >= 0.6 is 0 Å². The number of carbonyl (C=O) groups excluding carboxylic acids is 1. The number of ether oxygens (including phenoxy) is 1. The lowest BCUT2D eigenvalue weighted by Gasteiger charge is -2.29. The van der Waals surface area contributed by atoms with Crippen LogP contribution in [0, 0.1) is 5.92 Å². The first-order chi connectivity index (χ1) is 10.4. The Bertz CT molecular complexity index is 614. The topological polar surface area (TPSA) is 63.7 Å². The average Bonchev–Trinajstić information content (AvgIpc) is 2.54. The number of hydrogen-bond donors (Lipinski definition) is 0. The number of carbonyl (C=O) groups is 1. The van der Waals surface area contributed by atoms with E-state index in [1.54, 1.807) is 12.1 Å². The molecule has 1 aromatic carbocycles. The van der Waals surface area contributed by atoms with E-state index in [0.29, 0.717) is 36.7 Å². The van der Waals surface area contributed by atoms with Crippen molar-refractivity contribution in [3.05, 3.63) is 29.8 Å². The molecule has 0 aromatic heterocycles. The van der Waals surface area contributed by atoms with Crippen molar-refractivity contribution in [3.63, 3.8) is 0 Å². The molecule has 1 heterocycles. The van der Waals surface area contributed by atoms with E-state index in [-0.39, 0.29) is 11.9 Å². The van der Waals surface area contributed by atoms with E-state index in [0.717, 1.165) is 5.56 Å². The van der Waals surface area contributed by atoms with E-state index in [2.05, 4.69) is 13.8 Å². The SMILES string of the molecule is COC(=O)C1CCN(S(=O)(=O)c2ccc(C(C)C)cc2)CC1. The summed E-state index contributed by atoms with van der Waals surface area (Å²) in [5, 5.41) is 0. The van der Waals surface area contributed by atoms with E-state index >= 15 is 0 Å². The lowest BCUT2D eigenvalue weighted by Crippen LogP contribution is -2.40. The summed E-state index contributed by atoms with van der Waals surface area (Å²) in [7, 11) is -2.12. The number of hydrogen-bond acceptors (Lipinski definition) is 4. The summed E-state index contributed by atoms with van der Waals surface area (Å²) in [6.45, 7) is 4.85. The fourth-order valence-electron chi connectivity index (χ4n) is 2.67. The average molecular weight is 325 g/mol. The molecule has 0 unspecified atom stereocenters. The Hall–Kier alpha value is -1.40. The van der Waals surface area contributed by atoms with E-state index < -0.39 is 10.0 Å². The first kappa shape index (κ1) is 17.0. The van der Waals surface area contributed by atoms with Gasteiger partial charge in [-0.15, -0.1) is 0 Å². The molecule has 0 N–H and O–H groups in total. The van der Waals surface area contributed by atoms with Crippen molar-refractivity contribution in [2.45, 2.75) is 37.5 Å². The lowest BCUT2D eigenvalue weighted by atomic mass is 9.99. The highest BCUT2D eigenvalue weighted by Gasteiger charge is 2.32. The molecule has 1 aromatic rings. The number of sulfonamides is 1. The van der Waals surface area contributed by atoms with Crippen LogP contribution in [0.5, 0.6) is 0 Å². The van der Waals surface area contributed by atoms with Crippen molar-refractivity contribution in [3.8, 4) is 0 Å². The Balaban J connectivity index is 2.10. The van der Waals surface area contributed by atoms with Gasteiger partial charge in [-0.1, -0.05) is 26.0 Å². The number of benzene rings is 1. The molecule has 1 fully saturated rings. The lowest BCUT2D eigenvalue weighted by molar-refractivity contribution is -0.146. The third kappa shape index (κ3) is 3.50. The Labute approximate surface area is 132 Å². The molecular formula is C16H23NO4S. The molecule has 122 valence electrons. The second-order valence-corrected chi connectivity index (χ2v) is 7.86. The Morgan fingerprint density at radius 1 is 1.18 bits per heavy atom. The Kier molecular flexibility index (Phi) is 5.24. The van der Waals surface area contributed by atoms with Crippen LogP contribution in [0.1, 0.15) is 38.2 Å². The molecule has 1 saturated heterocycles. The van der Waals surface area contributed by atoms with Crippen molar-refractivity contribution >= 4 is 16.0 Å². The summed E-state index contributed by atoms with van der Waals surface area (Å²) in [6, 6.07) is 7.05. The number of rotatable bonds is 4. The number of methoxy groups -OCH3 is 1. The van der Waals surface area contributed by atoms with Crippen LogP contribution in [0.4, 0.5) is 0 Å². The molecule has 0 amide bonds. The van der Waals surface area contributed by atoms with Crippen LogP contribution in [0.15, 0.2) is 29.2 Å². The molecule has 0 atom stereocenters. The van der Waals surface area contributed by atoms with Crippen LogP contribution in [-0.4, -0.2) is 38.9 Å². The number of nitrogens with zero attached hydrogens (tertiary/aromatic N) is 1. The third-order valence-corrected chi connectivity index (χ3v) is 6.09. The molecule has 22 heavy (non-hydrogen) atoms. The molecule has 0 aliphatic carbocycles. The molecule has 0 bridgehead atoms. The van der Waals surface area contributed by atoms with Crippen molar-refractivity contribution in [1.82, 2.24) is 4.31 Å². The number of esters is 1. The normalized spacial score (nSPS) is 17.6. The highest BCUT2D eigenvalue weighted by Crippen LogP contribution is 2.25.